The van der Waals surface area contributed by atoms with E-state index >= 15 is 0 Å². The molecule has 0 spiro atoms. The summed E-state index contributed by atoms with van der Waals surface area (Å²) in [6.07, 6.45) is 0. The number of hydrogen-bond donors (Lipinski definition) is 1. The Hall–Kier alpha value is -1.85. The minimum atomic E-state index is -2.87. The van der Waals surface area contributed by atoms with Crippen LogP contribution in [0.1, 0.15) is 11.1 Å². The molecule has 2 aromatic rings. The Balaban J connectivity index is 1.93. The molecule has 2 rings (SSSR count). The molecule has 22 heavy (non-hydrogen) atoms. The first-order valence-electron chi connectivity index (χ1n) is 6.65. The average molecular weight is 328 g/mol. The van der Waals surface area contributed by atoms with E-state index in [1.54, 1.807) is 12.1 Å². The molecular formula is C16H16ClF2NO2. The van der Waals surface area contributed by atoms with Crippen molar-refractivity contribution in [2.75, 3.05) is 7.11 Å². The van der Waals surface area contributed by atoms with Crippen LogP contribution in [-0.4, -0.2) is 13.7 Å². The smallest absolute Gasteiger partial charge is 0.387 e. The average Bonchev–Trinajstić information content (AvgIpc) is 2.50. The van der Waals surface area contributed by atoms with Gasteiger partial charge in [-0.15, -0.1) is 0 Å². The topological polar surface area (TPSA) is 30.5 Å². The monoisotopic (exact) mass is 327 g/mol. The van der Waals surface area contributed by atoms with Gasteiger partial charge in [0.2, 0.25) is 0 Å². The van der Waals surface area contributed by atoms with E-state index in [0.717, 1.165) is 11.1 Å². The highest BCUT2D eigenvalue weighted by molar-refractivity contribution is 6.30. The zero-order valence-corrected chi connectivity index (χ0v) is 12.7. The highest BCUT2D eigenvalue weighted by Gasteiger charge is 2.10. The number of ether oxygens (including phenoxy) is 2. The summed E-state index contributed by atoms with van der Waals surface area (Å²) >= 11 is 5.83. The van der Waals surface area contributed by atoms with Crippen LogP contribution < -0.4 is 14.8 Å². The molecule has 0 heterocycles. The molecule has 0 aromatic heterocycles. The maximum Gasteiger partial charge on any atom is 0.387 e. The van der Waals surface area contributed by atoms with Crippen LogP contribution >= 0.6 is 11.6 Å². The van der Waals surface area contributed by atoms with Crippen LogP contribution in [0.25, 0.3) is 0 Å². The second-order valence-electron chi connectivity index (χ2n) is 4.59. The first kappa shape index (κ1) is 16.5. The number of nitrogens with one attached hydrogen (secondary N) is 1. The quantitative estimate of drug-likeness (QED) is 0.825. The Labute approximate surface area is 132 Å². The summed E-state index contributed by atoms with van der Waals surface area (Å²) in [7, 11) is 1.42. The van der Waals surface area contributed by atoms with E-state index in [0.29, 0.717) is 18.1 Å². The van der Waals surface area contributed by atoms with E-state index in [2.05, 4.69) is 10.1 Å². The molecule has 0 radical (unpaired) electrons. The van der Waals surface area contributed by atoms with Crippen molar-refractivity contribution in [2.45, 2.75) is 19.7 Å². The summed E-state index contributed by atoms with van der Waals surface area (Å²) in [5.74, 6) is 0.310. The molecule has 0 saturated heterocycles. The Kier molecular flexibility index (Phi) is 5.98. The lowest BCUT2D eigenvalue weighted by molar-refractivity contribution is -0.0512. The second kappa shape index (κ2) is 7.96. The molecular weight excluding hydrogens is 312 g/mol. The van der Waals surface area contributed by atoms with Crippen molar-refractivity contribution in [3.05, 3.63) is 58.6 Å². The Morgan fingerprint density at radius 2 is 1.64 bits per heavy atom. The van der Waals surface area contributed by atoms with Crippen molar-refractivity contribution in [1.82, 2.24) is 5.32 Å². The molecule has 2 aromatic carbocycles. The zero-order chi connectivity index (χ0) is 15.9. The minimum Gasteiger partial charge on any atom is -0.493 e. The molecule has 0 aliphatic carbocycles. The number of halogens is 3. The molecule has 0 bridgehead atoms. The number of benzene rings is 2. The minimum absolute atomic E-state index is 0.0268. The van der Waals surface area contributed by atoms with Crippen LogP contribution in [0.5, 0.6) is 11.5 Å². The van der Waals surface area contributed by atoms with Crippen LogP contribution in [0.4, 0.5) is 8.78 Å². The number of alkyl halides is 2. The lowest BCUT2D eigenvalue weighted by atomic mass is 10.2. The molecule has 0 amide bonds. The summed E-state index contributed by atoms with van der Waals surface area (Å²) in [6, 6.07) is 12.4. The van der Waals surface area contributed by atoms with Gasteiger partial charge in [-0.05, 0) is 35.4 Å². The number of methoxy groups -OCH3 is 1. The third kappa shape index (κ3) is 4.86. The van der Waals surface area contributed by atoms with Crippen molar-refractivity contribution in [3.8, 4) is 11.5 Å². The van der Waals surface area contributed by atoms with Crippen LogP contribution in [0, 0.1) is 0 Å². The molecule has 0 fully saturated rings. The molecule has 3 nitrogen and oxygen atoms in total. The summed E-state index contributed by atoms with van der Waals surface area (Å²) in [5.41, 5.74) is 2.02. The van der Waals surface area contributed by atoms with Gasteiger partial charge in [-0.2, -0.15) is 8.78 Å². The largest absolute Gasteiger partial charge is 0.493 e. The van der Waals surface area contributed by atoms with E-state index in [1.165, 1.54) is 13.2 Å². The summed E-state index contributed by atoms with van der Waals surface area (Å²) in [6.45, 7) is -1.62. The van der Waals surface area contributed by atoms with Crippen LogP contribution in [-0.2, 0) is 13.1 Å². The molecule has 118 valence electrons. The van der Waals surface area contributed by atoms with E-state index < -0.39 is 6.61 Å². The van der Waals surface area contributed by atoms with Crippen LogP contribution in [0.3, 0.4) is 0 Å². The Bertz CT molecular complexity index is 606. The molecule has 0 atom stereocenters. The van der Waals surface area contributed by atoms with Gasteiger partial charge in [0.15, 0.2) is 11.5 Å². The predicted octanol–water partition coefficient (Wildman–Crippen LogP) is 4.24. The van der Waals surface area contributed by atoms with Gasteiger partial charge in [-0.1, -0.05) is 29.8 Å². The Morgan fingerprint density at radius 1 is 1.00 bits per heavy atom. The van der Waals surface area contributed by atoms with Gasteiger partial charge in [0.05, 0.1) is 7.11 Å². The fourth-order valence-electron chi connectivity index (χ4n) is 1.97. The lowest BCUT2D eigenvalue weighted by Gasteiger charge is -2.12. The molecule has 0 saturated carbocycles. The van der Waals surface area contributed by atoms with Crippen LogP contribution in [0.2, 0.25) is 5.02 Å². The van der Waals surface area contributed by atoms with Crippen molar-refractivity contribution in [2.24, 2.45) is 0 Å². The highest BCUT2D eigenvalue weighted by Crippen LogP contribution is 2.29. The summed E-state index contributed by atoms with van der Waals surface area (Å²) in [4.78, 5) is 0. The molecule has 0 aliphatic heterocycles. The lowest BCUT2D eigenvalue weighted by Crippen LogP contribution is -2.13. The van der Waals surface area contributed by atoms with Crippen LogP contribution in [0.15, 0.2) is 42.5 Å². The Morgan fingerprint density at radius 3 is 2.27 bits per heavy atom. The molecule has 1 N–H and O–H groups in total. The fourth-order valence-corrected chi connectivity index (χ4v) is 2.09. The third-order valence-corrected chi connectivity index (χ3v) is 3.27. The van der Waals surface area contributed by atoms with Gasteiger partial charge >= 0.3 is 6.61 Å². The van der Waals surface area contributed by atoms with Gasteiger partial charge in [0, 0.05) is 18.1 Å². The third-order valence-electron chi connectivity index (χ3n) is 3.02. The van der Waals surface area contributed by atoms with E-state index in [9.17, 15) is 8.78 Å². The van der Waals surface area contributed by atoms with E-state index in [-0.39, 0.29) is 11.5 Å². The van der Waals surface area contributed by atoms with Crippen molar-refractivity contribution in [1.29, 1.82) is 0 Å². The van der Waals surface area contributed by atoms with Gasteiger partial charge in [-0.25, -0.2) is 0 Å². The van der Waals surface area contributed by atoms with Gasteiger partial charge < -0.3 is 14.8 Å². The second-order valence-corrected chi connectivity index (χ2v) is 5.03. The fraction of sp³-hybridized carbons (Fsp3) is 0.250. The standard InChI is InChI=1S/C16H16ClF2NO2/c1-21-15-8-12(4-7-14(15)22-16(18)19)10-20-9-11-2-5-13(17)6-3-11/h2-8,16,20H,9-10H2,1H3. The van der Waals surface area contributed by atoms with Gasteiger partial charge in [-0.3, -0.25) is 0 Å². The first-order chi connectivity index (χ1) is 10.6. The summed E-state index contributed by atoms with van der Waals surface area (Å²) in [5, 5.41) is 3.96. The maximum atomic E-state index is 12.3. The first-order valence-corrected chi connectivity index (χ1v) is 7.03. The SMILES string of the molecule is COc1cc(CNCc2ccc(Cl)cc2)ccc1OC(F)F. The van der Waals surface area contributed by atoms with Gasteiger partial charge in [0.1, 0.15) is 0 Å². The number of rotatable bonds is 7. The van der Waals surface area contributed by atoms with Crippen molar-refractivity contribution >= 4 is 11.6 Å². The maximum absolute atomic E-state index is 12.3. The number of hydrogen-bond acceptors (Lipinski definition) is 3. The highest BCUT2D eigenvalue weighted by atomic mass is 35.5. The predicted molar refractivity (Wildman–Crippen MR) is 81.6 cm³/mol. The van der Waals surface area contributed by atoms with E-state index in [4.69, 9.17) is 16.3 Å². The van der Waals surface area contributed by atoms with Gasteiger partial charge in [0.25, 0.3) is 0 Å². The molecule has 6 heteroatoms. The normalized spacial score (nSPS) is 10.8. The van der Waals surface area contributed by atoms with Crippen molar-refractivity contribution in [3.63, 3.8) is 0 Å². The van der Waals surface area contributed by atoms with E-state index in [1.807, 2.05) is 24.3 Å². The van der Waals surface area contributed by atoms with Crippen molar-refractivity contribution < 1.29 is 18.3 Å². The summed E-state index contributed by atoms with van der Waals surface area (Å²) < 4.78 is 34.0. The molecule has 0 unspecified atom stereocenters. The zero-order valence-electron chi connectivity index (χ0n) is 12.0. The molecule has 0 aliphatic rings.